The van der Waals surface area contributed by atoms with Crippen molar-refractivity contribution in [2.45, 2.75) is 53.1 Å². The fourth-order valence-electron chi connectivity index (χ4n) is 2.03. The second kappa shape index (κ2) is 7.44. The highest BCUT2D eigenvalue weighted by molar-refractivity contribution is 5.42. The molecule has 3 heteroatoms. The summed E-state index contributed by atoms with van der Waals surface area (Å²) in [6, 6.07) is 4.30. The van der Waals surface area contributed by atoms with Crippen LogP contribution in [0.15, 0.2) is 24.8 Å². The minimum absolute atomic E-state index is 0.127. The van der Waals surface area contributed by atoms with Crippen molar-refractivity contribution < 1.29 is 0 Å². The van der Waals surface area contributed by atoms with Crippen LogP contribution in [-0.2, 0) is 6.54 Å². The predicted molar refractivity (Wildman–Crippen MR) is 88.3 cm³/mol. The summed E-state index contributed by atoms with van der Waals surface area (Å²) in [4.78, 5) is 7.01. The molecule has 20 heavy (non-hydrogen) atoms. The molecule has 1 aromatic heterocycles. The van der Waals surface area contributed by atoms with E-state index in [0.29, 0.717) is 0 Å². The fourth-order valence-corrected chi connectivity index (χ4v) is 2.03. The van der Waals surface area contributed by atoms with Crippen molar-refractivity contribution in [3.8, 4) is 0 Å². The lowest BCUT2D eigenvalue weighted by molar-refractivity contribution is 0.423. The molecule has 0 fully saturated rings. The van der Waals surface area contributed by atoms with Gasteiger partial charge in [0.05, 0.1) is 0 Å². The molecule has 0 spiro atoms. The maximum atomic E-state index is 4.75. The Morgan fingerprint density at radius 2 is 2.05 bits per heavy atom. The van der Waals surface area contributed by atoms with Gasteiger partial charge in [-0.2, -0.15) is 0 Å². The first kappa shape index (κ1) is 16.7. The molecule has 0 aliphatic heterocycles. The smallest absolute Gasteiger partial charge is 0.129 e. The largest absolute Gasteiger partial charge is 0.353 e. The van der Waals surface area contributed by atoms with Gasteiger partial charge in [-0.1, -0.05) is 19.1 Å². The molecule has 0 bridgehead atoms. The molecule has 1 aromatic rings. The zero-order valence-electron chi connectivity index (χ0n) is 13.7. The Morgan fingerprint density at radius 3 is 2.55 bits per heavy atom. The number of hydrogen-bond donors (Lipinski definition) is 1. The molecular weight excluding hydrogens is 246 g/mol. The second-order valence-electron chi connectivity index (χ2n) is 6.25. The van der Waals surface area contributed by atoms with E-state index in [2.05, 4.69) is 63.5 Å². The van der Waals surface area contributed by atoms with Gasteiger partial charge >= 0.3 is 0 Å². The normalized spacial score (nSPS) is 11.4. The van der Waals surface area contributed by atoms with Gasteiger partial charge in [-0.05, 0) is 45.7 Å². The lowest BCUT2D eigenvalue weighted by Gasteiger charge is -2.24. The first-order chi connectivity index (χ1) is 9.37. The lowest BCUT2D eigenvalue weighted by atomic mass is 10.1. The van der Waals surface area contributed by atoms with E-state index in [1.165, 1.54) is 5.56 Å². The Morgan fingerprint density at radius 1 is 1.35 bits per heavy atom. The average molecular weight is 275 g/mol. The van der Waals surface area contributed by atoms with Gasteiger partial charge < -0.3 is 10.2 Å². The lowest BCUT2D eigenvalue weighted by Crippen LogP contribution is -2.35. The summed E-state index contributed by atoms with van der Waals surface area (Å²) in [5.74, 6) is 1.05. The van der Waals surface area contributed by atoms with E-state index in [0.717, 1.165) is 37.6 Å². The van der Waals surface area contributed by atoms with Crippen LogP contribution in [0.4, 0.5) is 5.82 Å². The summed E-state index contributed by atoms with van der Waals surface area (Å²) in [6.45, 7) is 17.3. The molecule has 1 heterocycles. The zero-order chi connectivity index (χ0) is 15.2. The summed E-state index contributed by atoms with van der Waals surface area (Å²) in [6.07, 6.45) is 3.05. The molecule has 0 aliphatic carbocycles. The van der Waals surface area contributed by atoms with Gasteiger partial charge in [0.25, 0.3) is 0 Å². The van der Waals surface area contributed by atoms with Crippen molar-refractivity contribution in [3.63, 3.8) is 0 Å². The molecule has 112 valence electrons. The third-order valence-electron chi connectivity index (χ3n) is 3.16. The Balaban J connectivity index is 2.82. The molecule has 1 N–H and O–H groups in total. The minimum atomic E-state index is 0.127. The van der Waals surface area contributed by atoms with Crippen LogP contribution in [0.3, 0.4) is 0 Å². The number of anilines is 1. The van der Waals surface area contributed by atoms with Crippen molar-refractivity contribution in [2.24, 2.45) is 0 Å². The Bertz CT molecular complexity index is 432. The molecule has 1 rings (SSSR count). The number of pyridine rings is 1. The van der Waals surface area contributed by atoms with E-state index in [9.17, 15) is 0 Å². The molecule has 0 radical (unpaired) electrons. The third kappa shape index (κ3) is 5.33. The van der Waals surface area contributed by atoms with Gasteiger partial charge in [-0.15, -0.1) is 6.58 Å². The van der Waals surface area contributed by atoms with E-state index in [4.69, 9.17) is 4.98 Å². The van der Waals surface area contributed by atoms with Crippen molar-refractivity contribution in [3.05, 3.63) is 36.0 Å². The number of rotatable bonds is 7. The van der Waals surface area contributed by atoms with Gasteiger partial charge in [0.1, 0.15) is 5.82 Å². The molecular formula is C17H29N3. The van der Waals surface area contributed by atoms with Crippen molar-refractivity contribution >= 4 is 5.82 Å². The molecule has 0 saturated heterocycles. The maximum Gasteiger partial charge on any atom is 0.129 e. The number of aromatic nitrogens is 1. The molecule has 0 atom stereocenters. The van der Waals surface area contributed by atoms with Crippen LogP contribution in [0, 0.1) is 6.92 Å². The van der Waals surface area contributed by atoms with Crippen LogP contribution < -0.4 is 10.2 Å². The third-order valence-corrected chi connectivity index (χ3v) is 3.16. The summed E-state index contributed by atoms with van der Waals surface area (Å²) in [5, 5.41) is 3.51. The maximum absolute atomic E-state index is 4.75. The van der Waals surface area contributed by atoms with Gasteiger partial charge in [-0.3, -0.25) is 0 Å². The number of hydrogen-bond acceptors (Lipinski definition) is 3. The van der Waals surface area contributed by atoms with Crippen LogP contribution in [0.2, 0.25) is 0 Å². The SMILES string of the molecule is C=CCN(CCC)c1ccc(CNC(C)(C)C)c(C)n1. The molecule has 0 saturated carbocycles. The Labute approximate surface area is 124 Å². The topological polar surface area (TPSA) is 28.2 Å². The van der Waals surface area contributed by atoms with Gasteiger partial charge in [-0.25, -0.2) is 4.98 Å². The Hall–Kier alpha value is -1.35. The number of aryl methyl sites for hydroxylation is 1. The van der Waals surface area contributed by atoms with Gasteiger partial charge in [0.2, 0.25) is 0 Å². The van der Waals surface area contributed by atoms with Crippen LogP contribution >= 0.6 is 0 Å². The summed E-state index contributed by atoms with van der Waals surface area (Å²) in [7, 11) is 0. The molecule has 0 amide bonds. The fraction of sp³-hybridized carbons (Fsp3) is 0.588. The number of nitrogens with zero attached hydrogens (tertiary/aromatic N) is 2. The zero-order valence-corrected chi connectivity index (χ0v) is 13.7. The summed E-state index contributed by atoms with van der Waals surface area (Å²) < 4.78 is 0. The van der Waals surface area contributed by atoms with Crippen LogP contribution in [0.1, 0.15) is 45.4 Å². The van der Waals surface area contributed by atoms with Crippen LogP contribution in [0.25, 0.3) is 0 Å². The van der Waals surface area contributed by atoms with Crippen molar-refractivity contribution in [2.75, 3.05) is 18.0 Å². The molecule has 0 unspecified atom stereocenters. The van der Waals surface area contributed by atoms with Crippen LogP contribution in [-0.4, -0.2) is 23.6 Å². The van der Waals surface area contributed by atoms with E-state index in [-0.39, 0.29) is 5.54 Å². The monoisotopic (exact) mass is 275 g/mol. The highest BCUT2D eigenvalue weighted by Gasteiger charge is 2.11. The van der Waals surface area contributed by atoms with E-state index < -0.39 is 0 Å². The Kier molecular flexibility index (Phi) is 6.21. The van der Waals surface area contributed by atoms with E-state index >= 15 is 0 Å². The standard InChI is InChI=1S/C17H29N3/c1-7-11-20(12-8-2)16-10-9-15(14(3)19-16)13-18-17(4,5)6/h7,9-10,18H,1,8,11-13H2,2-6H3. The highest BCUT2D eigenvalue weighted by Crippen LogP contribution is 2.16. The summed E-state index contributed by atoms with van der Waals surface area (Å²) >= 11 is 0. The first-order valence-corrected chi connectivity index (χ1v) is 7.44. The highest BCUT2D eigenvalue weighted by atomic mass is 15.2. The van der Waals surface area contributed by atoms with Crippen molar-refractivity contribution in [1.82, 2.24) is 10.3 Å². The molecule has 0 aliphatic rings. The van der Waals surface area contributed by atoms with Crippen molar-refractivity contribution in [1.29, 1.82) is 0 Å². The minimum Gasteiger partial charge on any atom is -0.353 e. The summed E-state index contributed by atoms with van der Waals surface area (Å²) in [5.41, 5.74) is 2.49. The van der Waals surface area contributed by atoms with E-state index in [1.807, 2.05) is 6.08 Å². The first-order valence-electron chi connectivity index (χ1n) is 7.44. The predicted octanol–water partition coefficient (Wildman–Crippen LogP) is 3.68. The van der Waals surface area contributed by atoms with Gasteiger partial charge in [0.15, 0.2) is 0 Å². The average Bonchev–Trinajstić information content (AvgIpc) is 2.36. The van der Waals surface area contributed by atoms with Gasteiger partial charge in [0, 0.05) is 30.9 Å². The van der Waals surface area contributed by atoms with Crippen LogP contribution in [0.5, 0.6) is 0 Å². The molecule has 0 aromatic carbocycles. The van der Waals surface area contributed by atoms with E-state index in [1.54, 1.807) is 0 Å². The quantitative estimate of drug-likeness (QED) is 0.769. The second-order valence-corrected chi connectivity index (χ2v) is 6.25. The molecule has 3 nitrogen and oxygen atoms in total. The number of nitrogens with one attached hydrogen (secondary N) is 1.